The Hall–Kier alpha value is -3.81. The SMILES string of the molecule is C[C@H](Cc1ccc2c(c1)OCO2)c1cc(C(=O)N(C)Cc2nc3ccccc3[nH]2)on1. The second-order valence-electron chi connectivity index (χ2n) is 7.77. The molecule has 1 amide bonds. The number of aromatic amines is 1. The molecule has 0 aliphatic carbocycles. The number of amides is 1. The van der Waals surface area contributed by atoms with Crippen molar-refractivity contribution in [3.05, 3.63) is 71.4 Å². The predicted octanol–water partition coefficient (Wildman–Crippen LogP) is 3.90. The number of carbonyl (C=O) groups excluding carboxylic acids is 1. The minimum atomic E-state index is -0.241. The van der Waals surface area contributed by atoms with E-state index >= 15 is 0 Å². The highest BCUT2D eigenvalue weighted by molar-refractivity contribution is 5.91. The summed E-state index contributed by atoms with van der Waals surface area (Å²) in [5, 5.41) is 4.13. The van der Waals surface area contributed by atoms with Gasteiger partial charge in [0, 0.05) is 19.0 Å². The standard InChI is InChI=1S/C23H22N4O4/c1-14(9-15-7-8-19-20(10-15)30-13-29-19)18-11-21(31-26-18)23(28)27(2)12-22-24-16-5-3-4-6-17(16)25-22/h3-8,10-11,14H,9,12-13H2,1-2H3,(H,24,25)/t14-/m1/s1. The maximum Gasteiger partial charge on any atom is 0.292 e. The monoisotopic (exact) mass is 418 g/mol. The molecule has 1 aliphatic rings. The summed E-state index contributed by atoms with van der Waals surface area (Å²) in [5.41, 5.74) is 3.66. The summed E-state index contributed by atoms with van der Waals surface area (Å²) in [6.45, 7) is 2.65. The molecule has 2 aromatic heterocycles. The second-order valence-corrected chi connectivity index (χ2v) is 7.77. The number of nitrogens with one attached hydrogen (secondary N) is 1. The van der Waals surface area contributed by atoms with E-state index in [9.17, 15) is 4.79 Å². The van der Waals surface area contributed by atoms with Gasteiger partial charge in [0.15, 0.2) is 11.5 Å². The largest absolute Gasteiger partial charge is 0.454 e. The number of benzene rings is 2. The lowest BCUT2D eigenvalue weighted by Gasteiger charge is -2.13. The lowest BCUT2D eigenvalue weighted by Crippen LogP contribution is -2.26. The Morgan fingerprint density at radius 3 is 2.87 bits per heavy atom. The van der Waals surface area contributed by atoms with Gasteiger partial charge in [0.25, 0.3) is 5.91 Å². The fourth-order valence-electron chi connectivity index (χ4n) is 3.71. The van der Waals surface area contributed by atoms with Gasteiger partial charge in [-0.25, -0.2) is 4.98 Å². The normalized spacial score (nSPS) is 13.5. The summed E-state index contributed by atoms with van der Waals surface area (Å²) in [5.74, 6) is 2.28. The predicted molar refractivity (Wildman–Crippen MR) is 113 cm³/mol. The Labute approximate surface area is 178 Å². The highest BCUT2D eigenvalue weighted by atomic mass is 16.7. The van der Waals surface area contributed by atoms with Gasteiger partial charge in [0.05, 0.1) is 23.3 Å². The summed E-state index contributed by atoms with van der Waals surface area (Å²) < 4.78 is 16.2. The molecule has 3 heterocycles. The first-order valence-corrected chi connectivity index (χ1v) is 10.1. The first-order valence-electron chi connectivity index (χ1n) is 10.1. The summed E-state index contributed by atoms with van der Waals surface area (Å²) in [6, 6.07) is 15.4. The van der Waals surface area contributed by atoms with Gasteiger partial charge in [-0.2, -0.15) is 0 Å². The van der Waals surface area contributed by atoms with E-state index in [-0.39, 0.29) is 24.4 Å². The second kappa shape index (κ2) is 7.79. The zero-order chi connectivity index (χ0) is 21.4. The molecule has 31 heavy (non-hydrogen) atoms. The number of nitrogens with zero attached hydrogens (tertiary/aromatic N) is 3. The molecule has 8 nitrogen and oxygen atoms in total. The average molecular weight is 418 g/mol. The van der Waals surface area contributed by atoms with Crippen molar-refractivity contribution in [3.8, 4) is 11.5 Å². The first kappa shape index (κ1) is 19.2. The molecule has 4 aromatic rings. The molecular weight excluding hydrogens is 396 g/mol. The van der Waals surface area contributed by atoms with Crippen LogP contribution < -0.4 is 9.47 Å². The molecule has 0 saturated heterocycles. The summed E-state index contributed by atoms with van der Waals surface area (Å²) >= 11 is 0. The van der Waals surface area contributed by atoms with Crippen LogP contribution >= 0.6 is 0 Å². The third kappa shape index (κ3) is 3.84. The van der Waals surface area contributed by atoms with E-state index in [4.69, 9.17) is 14.0 Å². The summed E-state index contributed by atoms with van der Waals surface area (Å²) in [7, 11) is 1.72. The Morgan fingerprint density at radius 1 is 1.16 bits per heavy atom. The Bertz CT molecular complexity index is 1210. The van der Waals surface area contributed by atoms with Crippen molar-refractivity contribution < 1.29 is 18.8 Å². The molecule has 5 rings (SSSR count). The fourth-order valence-corrected chi connectivity index (χ4v) is 3.71. The number of H-pyrrole nitrogens is 1. The van der Waals surface area contributed by atoms with Crippen LogP contribution in [-0.4, -0.2) is 39.8 Å². The zero-order valence-corrected chi connectivity index (χ0v) is 17.3. The maximum absolute atomic E-state index is 12.8. The molecule has 1 atom stereocenters. The minimum Gasteiger partial charge on any atom is -0.454 e. The molecule has 2 aromatic carbocycles. The number of rotatable bonds is 6. The van der Waals surface area contributed by atoms with Gasteiger partial charge in [0.1, 0.15) is 5.82 Å². The van der Waals surface area contributed by atoms with Crippen molar-refractivity contribution in [2.24, 2.45) is 0 Å². The zero-order valence-electron chi connectivity index (χ0n) is 17.3. The van der Waals surface area contributed by atoms with Crippen molar-refractivity contribution in [3.63, 3.8) is 0 Å². The van der Waals surface area contributed by atoms with Gasteiger partial charge in [-0.05, 0) is 36.2 Å². The van der Waals surface area contributed by atoms with E-state index in [1.54, 1.807) is 18.0 Å². The lowest BCUT2D eigenvalue weighted by molar-refractivity contribution is 0.0740. The van der Waals surface area contributed by atoms with Crippen LogP contribution in [0.5, 0.6) is 11.5 Å². The topological polar surface area (TPSA) is 93.5 Å². The Balaban J connectivity index is 1.25. The van der Waals surface area contributed by atoms with E-state index in [0.717, 1.165) is 40.2 Å². The molecule has 0 radical (unpaired) electrons. The number of para-hydroxylation sites is 2. The molecular formula is C23H22N4O4. The highest BCUT2D eigenvalue weighted by Crippen LogP contribution is 2.34. The maximum atomic E-state index is 12.8. The first-order chi connectivity index (χ1) is 15.1. The van der Waals surface area contributed by atoms with Crippen LogP contribution in [0, 0.1) is 0 Å². The minimum absolute atomic E-state index is 0.0753. The average Bonchev–Trinajstić information content (AvgIpc) is 3.51. The Morgan fingerprint density at radius 2 is 2.00 bits per heavy atom. The molecule has 0 fully saturated rings. The molecule has 0 saturated carbocycles. The molecule has 1 N–H and O–H groups in total. The number of aromatic nitrogens is 3. The number of hydrogen-bond acceptors (Lipinski definition) is 6. The van der Waals surface area contributed by atoms with Gasteiger partial charge < -0.3 is 23.9 Å². The molecule has 0 bridgehead atoms. The van der Waals surface area contributed by atoms with E-state index in [0.29, 0.717) is 12.4 Å². The van der Waals surface area contributed by atoms with E-state index < -0.39 is 0 Å². The quantitative estimate of drug-likeness (QED) is 0.510. The van der Waals surface area contributed by atoms with Crippen molar-refractivity contribution in [2.75, 3.05) is 13.8 Å². The van der Waals surface area contributed by atoms with Gasteiger partial charge in [-0.3, -0.25) is 4.79 Å². The van der Waals surface area contributed by atoms with Crippen LogP contribution in [0.15, 0.2) is 53.1 Å². The summed E-state index contributed by atoms with van der Waals surface area (Å²) in [6.07, 6.45) is 0.742. The van der Waals surface area contributed by atoms with E-state index in [2.05, 4.69) is 22.0 Å². The van der Waals surface area contributed by atoms with Crippen molar-refractivity contribution in [1.29, 1.82) is 0 Å². The molecule has 158 valence electrons. The van der Waals surface area contributed by atoms with Crippen LogP contribution in [0.2, 0.25) is 0 Å². The number of imidazole rings is 1. The molecule has 1 aliphatic heterocycles. The van der Waals surface area contributed by atoms with Crippen LogP contribution in [0.25, 0.3) is 11.0 Å². The highest BCUT2D eigenvalue weighted by Gasteiger charge is 2.22. The van der Waals surface area contributed by atoms with Crippen molar-refractivity contribution in [2.45, 2.75) is 25.8 Å². The van der Waals surface area contributed by atoms with Crippen LogP contribution in [0.1, 0.15) is 40.5 Å². The number of ether oxygens (including phenoxy) is 2. The van der Waals surface area contributed by atoms with Gasteiger partial charge in [-0.15, -0.1) is 0 Å². The van der Waals surface area contributed by atoms with E-state index in [1.165, 1.54) is 0 Å². The van der Waals surface area contributed by atoms with Gasteiger partial charge in [-0.1, -0.05) is 30.3 Å². The molecule has 0 spiro atoms. The third-order valence-electron chi connectivity index (χ3n) is 5.39. The smallest absolute Gasteiger partial charge is 0.292 e. The van der Waals surface area contributed by atoms with Crippen molar-refractivity contribution >= 4 is 16.9 Å². The molecule has 0 unspecified atom stereocenters. The molecule has 8 heteroatoms. The fraction of sp³-hybridized carbons (Fsp3) is 0.261. The van der Waals surface area contributed by atoms with Gasteiger partial charge >= 0.3 is 0 Å². The number of fused-ring (bicyclic) bond motifs is 2. The van der Waals surface area contributed by atoms with Crippen molar-refractivity contribution in [1.82, 2.24) is 20.0 Å². The lowest BCUT2D eigenvalue weighted by atomic mass is 9.97. The van der Waals surface area contributed by atoms with Crippen LogP contribution in [-0.2, 0) is 13.0 Å². The van der Waals surface area contributed by atoms with Gasteiger partial charge in [0.2, 0.25) is 12.6 Å². The third-order valence-corrected chi connectivity index (χ3v) is 5.39. The number of hydrogen-bond donors (Lipinski definition) is 1. The summed E-state index contributed by atoms with van der Waals surface area (Å²) in [4.78, 5) is 22.1. The van der Waals surface area contributed by atoms with E-state index in [1.807, 2.05) is 42.5 Å². The van der Waals surface area contributed by atoms with Crippen LogP contribution in [0.4, 0.5) is 0 Å². The Kier molecular flexibility index (Phi) is 4.82. The van der Waals surface area contributed by atoms with Crippen LogP contribution in [0.3, 0.4) is 0 Å². The number of carbonyl (C=O) groups is 1.